The molecule has 2 heterocycles. The zero-order valence-electron chi connectivity index (χ0n) is 8.28. The Morgan fingerprint density at radius 2 is 2.00 bits per heavy atom. The highest BCUT2D eigenvalue weighted by atomic mass is 15.5. The van der Waals surface area contributed by atoms with Gasteiger partial charge in [-0.05, 0) is 29.5 Å². The highest BCUT2D eigenvalue weighted by molar-refractivity contribution is 5.56. The summed E-state index contributed by atoms with van der Waals surface area (Å²) < 4.78 is 1.93. The summed E-state index contributed by atoms with van der Waals surface area (Å²) in [6.45, 7) is 0. The molecule has 0 saturated heterocycles. The van der Waals surface area contributed by atoms with Crippen LogP contribution < -0.4 is 0 Å². The molecule has 0 saturated carbocycles. The molecule has 1 aromatic carbocycles. The highest BCUT2D eigenvalue weighted by Crippen LogP contribution is 2.15. The molecule has 0 spiro atoms. The van der Waals surface area contributed by atoms with Crippen molar-refractivity contribution in [2.75, 3.05) is 0 Å². The molecule has 0 aliphatic rings. The molecule has 0 atom stereocenters. The van der Waals surface area contributed by atoms with E-state index in [2.05, 4.69) is 25.6 Å². The summed E-state index contributed by atoms with van der Waals surface area (Å²) >= 11 is 0. The fourth-order valence-corrected chi connectivity index (χ4v) is 1.48. The number of benzene rings is 1. The molecule has 0 aliphatic heterocycles. The number of tetrazole rings is 1. The Balaban J connectivity index is 1.97. The van der Waals surface area contributed by atoms with Crippen LogP contribution in [0.15, 0.2) is 43.0 Å². The Kier molecular flexibility index (Phi) is 1.96. The largest absolute Gasteiger partial charge is 0.306 e. The van der Waals surface area contributed by atoms with E-state index >= 15 is 0 Å². The standard InChI is InChI=1S/C10H8N6/c1-3-9(16-6-5-11-7-16)4-2-8(1)10-12-14-15-13-10/h1-7H,(H,12,13,14,15). The molecule has 6 heteroatoms. The molecular formula is C10H8N6. The Hall–Kier alpha value is -2.50. The van der Waals surface area contributed by atoms with Gasteiger partial charge in [-0.25, -0.2) is 4.98 Å². The van der Waals surface area contributed by atoms with Crippen LogP contribution in [-0.4, -0.2) is 30.2 Å². The van der Waals surface area contributed by atoms with E-state index in [0.717, 1.165) is 11.3 Å². The van der Waals surface area contributed by atoms with Crippen LogP contribution >= 0.6 is 0 Å². The van der Waals surface area contributed by atoms with Crippen LogP contribution in [0.2, 0.25) is 0 Å². The molecule has 0 radical (unpaired) electrons. The molecule has 0 fully saturated rings. The first-order valence-corrected chi connectivity index (χ1v) is 4.76. The van der Waals surface area contributed by atoms with Crippen molar-refractivity contribution in [2.45, 2.75) is 0 Å². The molecular weight excluding hydrogens is 204 g/mol. The van der Waals surface area contributed by atoms with Gasteiger partial charge < -0.3 is 4.57 Å². The lowest BCUT2D eigenvalue weighted by atomic mass is 10.2. The molecule has 0 unspecified atom stereocenters. The first-order chi connectivity index (χ1) is 7.93. The zero-order chi connectivity index (χ0) is 10.8. The molecule has 0 aliphatic carbocycles. The van der Waals surface area contributed by atoms with Crippen molar-refractivity contribution in [1.29, 1.82) is 0 Å². The lowest BCUT2D eigenvalue weighted by molar-refractivity contribution is 0.881. The summed E-state index contributed by atoms with van der Waals surface area (Å²) in [6.07, 6.45) is 5.39. The predicted octanol–water partition coefficient (Wildman–Crippen LogP) is 1.05. The number of rotatable bonds is 2. The van der Waals surface area contributed by atoms with Gasteiger partial charge in [0.2, 0.25) is 5.82 Å². The van der Waals surface area contributed by atoms with Crippen LogP contribution in [0.3, 0.4) is 0 Å². The number of nitrogens with zero attached hydrogens (tertiary/aromatic N) is 5. The van der Waals surface area contributed by atoms with E-state index in [-0.39, 0.29) is 0 Å². The van der Waals surface area contributed by atoms with E-state index in [4.69, 9.17) is 0 Å². The zero-order valence-corrected chi connectivity index (χ0v) is 8.28. The summed E-state index contributed by atoms with van der Waals surface area (Å²) in [7, 11) is 0. The van der Waals surface area contributed by atoms with E-state index < -0.39 is 0 Å². The van der Waals surface area contributed by atoms with E-state index in [0.29, 0.717) is 5.82 Å². The van der Waals surface area contributed by atoms with Crippen LogP contribution in [0.4, 0.5) is 0 Å². The van der Waals surface area contributed by atoms with Crippen molar-refractivity contribution >= 4 is 0 Å². The summed E-state index contributed by atoms with van der Waals surface area (Å²) in [5.41, 5.74) is 1.97. The average molecular weight is 212 g/mol. The van der Waals surface area contributed by atoms with E-state index in [1.165, 1.54) is 0 Å². The first-order valence-electron chi connectivity index (χ1n) is 4.76. The molecule has 3 aromatic rings. The van der Waals surface area contributed by atoms with Crippen LogP contribution in [-0.2, 0) is 0 Å². The normalized spacial score (nSPS) is 10.5. The molecule has 0 bridgehead atoms. The number of H-pyrrole nitrogens is 1. The minimum absolute atomic E-state index is 0.595. The lowest BCUT2D eigenvalue weighted by Crippen LogP contribution is -1.89. The number of hydrogen-bond acceptors (Lipinski definition) is 4. The van der Waals surface area contributed by atoms with Crippen LogP contribution in [0.1, 0.15) is 0 Å². The fourth-order valence-electron chi connectivity index (χ4n) is 1.48. The molecule has 78 valence electrons. The summed E-state index contributed by atoms with van der Waals surface area (Å²) in [5.74, 6) is 0.595. The van der Waals surface area contributed by atoms with Gasteiger partial charge in [0.25, 0.3) is 0 Å². The maximum atomic E-state index is 3.99. The quantitative estimate of drug-likeness (QED) is 0.689. The minimum Gasteiger partial charge on any atom is -0.306 e. The van der Waals surface area contributed by atoms with Gasteiger partial charge in [-0.3, -0.25) is 0 Å². The second-order valence-corrected chi connectivity index (χ2v) is 3.25. The molecule has 2 aromatic heterocycles. The number of hydrogen-bond donors (Lipinski definition) is 1. The monoisotopic (exact) mass is 212 g/mol. The average Bonchev–Trinajstić information content (AvgIpc) is 3.03. The fraction of sp³-hybridized carbons (Fsp3) is 0. The van der Waals surface area contributed by atoms with Gasteiger partial charge in [0, 0.05) is 23.6 Å². The highest BCUT2D eigenvalue weighted by Gasteiger charge is 2.02. The van der Waals surface area contributed by atoms with Gasteiger partial charge in [-0.1, -0.05) is 0 Å². The maximum absolute atomic E-state index is 3.99. The van der Waals surface area contributed by atoms with Gasteiger partial charge in [-0.15, -0.1) is 10.2 Å². The third kappa shape index (κ3) is 1.46. The van der Waals surface area contributed by atoms with Crippen molar-refractivity contribution in [2.24, 2.45) is 0 Å². The molecule has 3 rings (SSSR count). The van der Waals surface area contributed by atoms with E-state index in [1.807, 2.05) is 35.0 Å². The predicted molar refractivity (Wildman–Crippen MR) is 56.7 cm³/mol. The lowest BCUT2D eigenvalue weighted by Gasteiger charge is -2.01. The smallest absolute Gasteiger partial charge is 0.204 e. The number of nitrogens with one attached hydrogen (secondary N) is 1. The van der Waals surface area contributed by atoms with Gasteiger partial charge in [0.15, 0.2) is 0 Å². The Morgan fingerprint density at radius 1 is 1.12 bits per heavy atom. The topological polar surface area (TPSA) is 72.3 Å². The summed E-state index contributed by atoms with van der Waals surface area (Å²) in [4.78, 5) is 3.99. The van der Waals surface area contributed by atoms with Crippen molar-refractivity contribution < 1.29 is 0 Å². The molecule has 1 N–H and O–H groups in total. The van der Waals surface area contributed by atoms with Crippen molar-refractivity contribution in [3.05, 3.63) is 43.0 Å². The second kappa shape index (κ2) is 3.58. The number of aromatic amines is 1. The van der Waals surface area contributed by atoms with Gasteiger partial charge in [0.1, 0.15) is 0 Å². The van der Waals surface area contributed by atoms with Crippen LogP contribution in [0.5, 0.6) is 0 Å². The number of aromatic nitrogens is 6. The van der Waals surface area contributed by atoms with Crippen molar-refractivity contribution in [1.82, 2.24) is 30.2 Å². The summed E-state index contributed by atoms with van der Waals surface area (Å²) in [5, 5.41) is 13.8. The van der Waals surface area contributed by atoms with Gasteiger partial charge in [-0.2, -0.15) is 5.21 Å². The summed E-state index contributed by atoms with van der Waals surface area (Å²) in [6, 6.07) is 7.85. The Labute approximate surface area is 91.0 Å². The van der Waals surface area contributed by atoms with Crippen LogP contribution in [0.25, 0.3) is 17.1 Å². The van der Waals surface area contributed by atoms with Crippen molar-refractivity contribution in [3.63, 3.8) is 0 Å². The maximum Gasteiger partial charge on any atom is 0.204 e. The van der Waals surface area contributed by atoms with E-state index in [1.54, 1.807) is 12.5 Å². The molecule has 6 nitrogen and oxygen atoms in total. The minimum atomic E-state index is 0.595. The molecule has 16 heavy (non-hydrogen) atoms. The third-order valence-electron chi connectivity index (χ3n) is 2.27. The van der Waals surface area contributed by atoms with Crippen LogP contribution in [0, 0.1) is 0 Å². The molecule has 0 amide bonds. The van der Waals surface area contributed by atoms with Gasteiger partial charge in [0.05, 0.1) is 6.33 Å². The van der Waals surface area contributed by atoms with Crippen molar-refractivity contribution in [3.8, 4) is 17.1 Å². The Bertz CT molecular complexity index is 499. The van der Waals surface area contributed by atoms with E-state index in [9.17, 15) is 0 Å². The third-order valence-corrected chi connectivity index (χ3v) is 2.27. The number of imidazole rings is 1. The Morgan fingerprint density at radius 3 is 2.62 bits per heavy atom. The first kappa shape index (κ1) is 8.78. The van der Waals surface area contributed by atoms with Gasteiger partial charge >= 0.3 is 0 Å². The second-order valence-electron chi connectivity index (χ2n) is 3.25. The SMILES string of the molecule is c1cn(-c2ccc(-c3nn[nH]n3)cc2)cn1.